The van der Waals surface area contributed by atoms with Gasteiger partial charge in [0.2, 0.25) is 0 Å². The molecule has 0 saturated heterocycles. The molecule has 1 atom stereocenters. The van der Waals surface area contributed by atoms with Crippen LogP contribution in [0.1, 0.15) is 0 Å². The van der Waals surface area contributed by atoms with Gasteiger partial charge in [-0.25, -0.2) is 4.98 Å². The molecule has 1 heterocycles. The van der Waals surface area contributed by atoms with Gasteiger partial charge in [0.1, 0.15) is 0 Å². The number of nitrogens with one attached hydrogen (secondary N) is 1. The number of carboxylic acid groups (broad SMARTS) is 1. The molecule has 0 radical (unpaired) electrons. The summed E-state index contributed by atoms with van der Waals surface area (Å²) in [6.07, 6.45) is 0.0177. The van der Waals surface area contributed by atoms with E-state index >= 15 is 0 Å². The van der Waals surface area contributed by atoms with Gasteiger partial charge >= 0.3 is 12.1 Å². The van der Waals surface area contributed by atoms with Crippen molar-refractivity contribution in [3.05, 3.63) is 18.7 Å². The van der Waals surface area contributed by atoms with Crippen LogP contribution in [0.2, 0.25) is 0 Å². The van der Waals surface area contributed by atoms with Gasteiger partial charge < -0.3 is 15.0 Å². The van der Waals surface area contributed by atoms with Crippen LogP contribution in [0, 0.1) is 5.92 Å². The van der Waals surface area contributed by atoms with Crippen molar-refractivity contribution >= 4 is 5.97 Å². The van der Waals surface area contributed by atoms with E-state index in [-0.39, 0.29) is 6.54 Å². The first-order valence-corrected chi connectivity index (χ1v) is 4.87. The molecule has 8 heteroatoms. The summed E-state index contributed by atoms with van der Waals surface area (Å²) >= 11 is 0. The van der Waals surface area contributed by atoms with Gasteiger partial charge in [-0.3, -0.25) is 4.79 Å². The van der Waals surface area contributed by atoms with Crippen LogP contribution in [-0.2, 0) is 11.3 Å². The average Bonchev–Trinajstić information content (AvgIpc) is 2.67. The number of aliphatic carboxylic acids is 1. The molecular weight excluding hydrogens is 239 g/mol. The van der Waals surface area contributed by atoms with E-state index in [4.69, 9.17) is 5.11 Å². The van der Waals surface area contributed by atoms with Crippen molar-refractivity contribution in [2.75, 3.05) is 13.1 Å². The Labute approximate surface area is 95.3 Å². The largest absolute Gasteiger partial charge is 0.481 e. The lowest BCUT2D eigenvalue weighted by Crippen LogP contribution is -2.39. The fourth-order valence-electron chi connectivity index (χ4n) is 1.22. The minimum absolute atomic E-state index is 0.246. The molecule has 0 aromatic carbocycles. The van der Waals surface area contributed by atoms with E-state index in [2.05, 4.69) is 10.3 Å². The fourth-order valence-corrected chi connectivity index (χ4v) is 1.22. The van der Waals surface area contributed by atoms with E-state index in [9.17, 15) is 18.0 Å². The van der Waals surface area contributed by atoms with E-state index in [1.165, 1.54) is 6.33 Å². The van der Waals surface area contributed by atoms with Gasteiger partial charge in [0.25, 0.3) is 0 Å². The summed E-state index contributed by atoms with van der Waals surface area (Å²) < 4.78 is 38.4. The summed E-state index contributed by atoms with van der Waals surface area (Å²) in [5, 5.41) is 10.9. The molecule has 0 amide bonds. The number of carboxylic acids is 1. The number of nitrogens with zero attached hydrogens (tertiary/aromatic N) is 2. The standard InChI is InChI=1S/C9H12F3N3O2/c10-9(11,12)7(8(16)17)5-13-1-3-15-4-2-14-6-15/h2,4,6-7,13H,1,3,5H2,(H,16,17). The third-order valence-corrected chi connectivity index (χ3v) is 2.15. The summed E-state index contributed by atoms with van der Waals surface area (Å²) in [6, 6.07) is 0. The number of halogens is 3. The topological polar surface area (TPSA) is 67.2 Å². The maximum absolute atomic E-state index is 12.2. The molecule has 96 valence electrons. The quantitative estimate of drug-likeness (QED) is 0.732. The first-order valence-electron chi connectivity index (χ1n) is 4.87. The summed E-state index contributed by atoms with van der Waals surface area (Å²) in [5.41, 5.74) is 0. The molecule has 0 spiro atoms. The van der Waals surface area contributed by atoms with Gasteiger partial charge in [-0.15, -0.1) is 0 Å². The molecule has 2 N–H and O–H groups in total. The second-order valence-corrected chi connectivity index (χ2v) is 3.44. The lowest BCUT2D eigenvalue weighted by Gasteiger charge is -2.16. The highest BCUT2D eigenvalue weighted by molar-refractivity contribution is 5.71. The van der Waals surface area contributed by atoms with Crippen LogP contribution < -0.4 is 5.32 Å². The molecule has 0 aliphatic rings. The molecule has 1 aromatic heterocycles. The van der Waals surface area contributed by atoms with Gasteiger partial charge in [-0.05, 0) is 0 Å². The molecule has 0 bridgehead atoms. The summed E-state index contributed by atoms with van der Waals surface area (Å²) in [5.74, 6) is -4.24. The zero-order valence-corrected chi connectivity index (χ0v) is 8.81. The Morgan fingerprint density at radius 3 is 2.71 bits per heavy atom. The van der Waals surface area contributed by atoms with Gasteiger partial charge in [-0.1, -0.05) is 0 Å². The van der Waals surface area contributed by atoms with Crippen LogP contribution in [-0.4, -0.2) is 39.9 Å². The Hall–Kier alpha value is -1.57. The Bertz CT molecular complexity index is 351. The monoisotopic (exact) mass is 251 g/mol. The highest BCUT2D eigenvalue weighted by atomic mass is 19.4. The fraction of sp³-hybridized carbons (Fsp3) is 0.556. The minimum Gasteiger partial charge on any atom is -0.481 e. The molecule has 1 rings (SSSR count). The van der Waals surface area contributed by atoms with Crippen LogP contribution in [0.25, 0.3) is 0 Å². The Kier molecular flexibility index (Phi) is 4.50. The third kappa shape index (κ3) is 4.43. The molecule has 0 aliphatic carbocycles. The van der Waals surface area contributed by atoms with E-state index < -0.39 is 24.6 Å². The van der Waals surface area contributed by atoms with Crippen molar-refractivity contribution in [3.8, 4) is 0 Å². The second-order valence-electron chi connectivity index (χ2n) is 3.44. The maximum Gasteiger partial charge on any atom is 0.403 e. The number of aromatic nitrogens is 2. The predicted molar refractivity (Wildman–Crippen MR) is 52.3 cm³/mol. The van der Waals surface area contributed by atoms with Crippen molar-refractivity contribution in [1.82, 2.24) is 14.9 Å². The van der Waals surface area contributed by atoms with Crippen LogP contribution >= 0.6 is 0 Å². The van der Waals surface area contributed by atoms with Gasteiger partial charge in [0.15, 0.2) is 5.92 Å². The van der Waals surface area contributed by atoms with Crippen molar-refractivity contribution in [2.24, 2.45) is 5.92 Å². The first-order chi connectivity index (χ1) is 7.91. The number of imidazole rings is 1. The Morgan fingerprint density at radius 2 is 2.24 bits per heavy atom. The number of hydrogen-bond donors (Lipinski definition) is 2. The molecule has 0 aliphatic heterocycles. The highest BCUT2D eigenvalue weighted by Crippen LogP contribution is 2.25. The molecule has 0 saturated carbocycles. The normalized spacial score (nSPS) is 13.6. The minimum atomic E-state index is -4.73. The zero-order valence-electron chi connectivity index (χ0n) is 8.81. The highest BCUT2D eigenvalue weighted by Gasteiger charge is 2.44. The number of rotatable bonds is 6. The third-order valence-electron chi connectivity index (χ3n) is 2.15. The van der Waals surface area contributed by atoms with Crippen molar-refractivity contribution in [3.63, 3.8) is 0 Å². The zero-order chi connectivity index (χ0) is 12.9. The van der Waals surface area contributed by atoms with Gasteiger partial charge in [0.05, 0.1) is 6.33 Å². The van der Waals surface area contributed by atoms with E-state index in [0.29, 0.717) is 6.54 Å². The van der Waals surface area contributed by atoms with E-state index in [0.717, 1.165) is 0 Å². The molecule has 17 heavy (non-hydrogen) atoms. The van der Waals surface area contributed by atoms with Crippen LogP contribution in [0.3, 0.4) is 0 Å². The first kappa shape index (κ1) is 13.5. The van der Waals surface area contributed by atoms with Crippen molar-refractivity contribution in [1.29, 1.82) is 0 Å². The van der Waals surface area contributed by atoms with Crippen LogP contribution in [0.5, 0.6) is 0 Å². The number of hydrogen-bond acceptors (Lipinski definition) is 3. The maximum atomic E-state index is 12.2. The Morgan fingerprint density at radius 1 is 1.53 bits per heavy atom. The molecule has 5 nitrogen and oxygen atoms in total. The lowest BCUT2D eigenvalue weighted by atomic mass is 10.1. The average molecular weight is 251 g/mol. The summed E-state index contributed by atoms with van der Waals surface area (Å²) in [4.78, 5) is 14.2. The summed E-state index contributed by atoms with van der Waals surface area (Å²) in [7, 11) is 0. The number of carbonyl (C=O) groups is 1. The second kappa shape index (κ2) is 5.67. The molecular formula is C9H12F3N3O2. The van der Waals surface area contributed by atoms with Crippen molar-refractivity contribution in [2.45, 2.75) is 12.7 Å². The van der Waals surface area contributed by atoms with Crippen LogP contribution in [0.15, 0.2) is 18.7 Å². The van der Waals surface area contributed by atoms with Crippen molar-refractivity contribution < 1.29 is 23.1 Å². The van der Waals surface area contributed by atoms with Crippen LogP contribution in [0.4, 0.5) is 13.2 Å². The SMILES string of the molecule is O=C(O)C(CNCCn1ccnc1)C(F)(F)F. The Balaban J connectivity index is 2.31. The van der Waals surface area contributed by atoms with Gasteiger partial charge in [0, 0.05) is 32.0 Å². The predicted octanol–water partition coefficient (Wildman–Crippen LogP) is 0.736. The van der Waals surface area contributed by atoms with E-state index in [1.54, 1.807) is 17.0 Å². The van der Waals surface area contributed by atoms with E-state index in [1.807, 2.05) is 0 Å². The lowest BCUT2D eigenvalue weighted by molar-refractivity contribution is -0.192. The summed E-state index contributed by atoms with van der Waals surface area (Å²) in [6.45, 7) is 0.0496. The molecule has 0 fully saturated rings. The molecule has 1 aromatic rings. The number of alkyl halides is 3. The molecule has 1 unspecified atom stereocenters. The smallest absolute Gasteiger partial charge is 0.403 e. The van der Waals surface area contributed by atoms with Gasteiger partial charge in [-0.2, -0.15) is 13.2 Å².